The maximum absolute atomic E-state index is 8.85. The lowest BCUT2D eigenvalue weighted by Crippen LogP contribution is -2.20. The third-order valence-corrected chi connectivity index (χ3v) is 1.78. The van der Waals surface area contributed by atoms with Crippen LogP contribution >= 0.6 is 11.6 Å². The van der Waals surface area contributed by atoms with Gasteiger partial charge < -0.3 is 10.2 Å². The Kier molecular flexibility index (Phi) is 1.65. The normalized spacial score (nSPS) is 38.6. The van der Waals surface area contributed by atoms with E-state index in [1.165, 1.54) is 0 Å². The van der Waals surface area contributed by atoms with E-state index in [2.05, 4.69) is 0 Å². The van der Waals surface area contributed by atoms with E-state index in [-0.39, 0.29) is 0 Å². The maximum Gasteiger partial charge on any atom is 0.242 e. The zero-order valence-corrected chi connectivity index (χ0v) is 5.10. The minimum absolute atomic E-state index is 0.484. The molecular formula is C5H8ClO2+. The Morgan fingerprint density at radius 1 is 1.50 bits per heavy atom. The fourth-order valence-electron chi connectivity index (χ4n) is 0.800. The first kappa shape index (κ1) is 6.20. The summed E-state index contributed by atoms with van der Waals surface area (Å²) in [6.07, 6.45) is -0.164. The van der Waals surface area contributed by atoms with Crippen molar-refractivity contribution in [1.82, 2.24) is 0 Å². The zero-order valence-electron chi connectivity index (χ0n) is 4.34. The number of aliphatic hydroxyl groups excluding tert-OH is 2. The van der Waals surface area contributed by atoms with E-state index >= 15 is 0 Å². The fraction of sp³-hybridized carbons (Fsp3) is 0.800. The Morgan fingerprint density at radius 2 is 2.12 bits per heavy atom. The fourth-order valence-corrected chi connectivity index (χ4v) is 1.05. The van der Waals surface area contributed by atoms with Crippen molar-refractivity contribution in [2.24, 2.45) is 0 Å². The van der Waals surface area contributed by atoms with Crippen LogP contribution < -0.4 is 0 Å². The molecule has 0 aliphatic heterocycles. The van der Waals surface area contributed by atoms with Crippen molar-refractivity contribution in [2.75, 3.05) is 0 Å². The second-order valence-electron chi connectivity index (χ2n) is 2.00. The Hall–Kier alpha value is 0.0800. The Balaban J connectivity index is 2.44. The number of aliphatic hydroxyl groups is 2. The molecule has 0 bridgehead atoms. The van der Waals surface area contributed by atoms with Crippen molar-refractivity contribution >= 4 is 11.6 Å². The standard InChI is InChI=1S/C5H8ClO2/c6-3-1-2-4(7)5(3)8/h4-5,7-8H,1-2H2/q+1. The van der Waals surface area contributed by atoms with Crippen LogP contribution in [0.3, 0.4) is 0 Å². The number of hydrogen-bond acceptors (Lipinski definition) is 2. The summed E-state index contributed by atoms with van der Waals surface area (Å²) in [5, 5.41) is 18.1. The van der Waals surface area contributed by atoms with Gasteiger partial charge in [0, 0.05) is 6.42 Å². The minimum Gasteiger partial charge on any atom is -0.385 e. The molecule has 1 rings (SSSR count). The van der Waals surface area contributed by atoms with E-state index in [0.29, 0.717) is 18.2 Å². The molecular weight excluding hydrogens is 128 g/mol. The van der Waals surface area contributed by atoms with Crippen LogP contribution in [0.4, 0.5) is 0 Å². The van der Waals surface area contributed by atoms with Crippen LogP contribution in [0.25, 0.3) is 0 Å². The summed E-state index contributed by atoms with van der Waals surface area (Å²) in [6, 6.07) is 0. The largest absolute Gasteiger partial charge is 0.385 e. The van der Waals surface area contributed by atoms with Gasteiger partial charge in [-0.1, -0.05) is 0 Å². The van der Waals surface area contributed by atoms with Crippen molar-refractivity contribution in [3.05, 3.63) is 5.38 Å². The molecule has 0 radical (unpaired) electrons. The van der Waals surface area contributed by atoms with Gasteiger partial charge in [-0.15, -0.1) is 0 Å². The van der Waals surface area contributed by atoms with E-state index in [4.69, 9.17) is 21.8 Å². The molecule has 0 aromatic heterocycles. The van der Waals surface area contributed by atoms with Crippen LogP contribution in [0, 0.1) is 5.38 Å². The van der Waals surface area contributed by atoms with Gasteiger partial charge in [0.2, 0.25) is 11.5 Å². The molecule has 8 heavy (non-hydrogen) atoms. The van der Waals surface area contributed by atoms with Crippen molar-refractivity contribution in [3.8, 4) is 0 Å². The van der Waals surface area contributed by atoms with E-state index in [0.717, 1.165) is 0 Å². The lowest BCUT2D eigenvalue weighted by Gasteiger charge is -1.98. The summed E-state index contributed by atoms with van der Waals surface area (Å²) in [6.45, 7) is 0. The Labute approximate surface area is 53.1 Å². The molecule has 0 aromatic carbocycles. The number of rotatable bonds is 0. The molecule has 3 heteroatoms. The van der Waals surface area contributed by atoms with E-state index in [1.807, 2.05) is 0 Å². The SMILES string of the molecule is OC1CC[C+](Cl)C1O. The first-order valence-electron chi connectivity index (χ1n) is 2.59. The van der Waals surface area contributed by atoms with Gasteiger partial charge in [0.25, 0.3) is 0 Å². The molecule has 2 atom stereocenters. The van der Waals surface area contributed by atoms with Gasteiger partial charge in [0.1, 0.15) is 24.1 Å². The quantitative estimate of drug-likeness (QED) is 0.469. The van der Waals surface area contributed by atoms with Crippen LogP contribution in [0.15, 0.2) is 0 Å². The molecule has 0 spiro atoms. The van der Waals surface area contributed by atoms with E-state index < -0.39 is 12.2 Å². The number of halogens is 1. The van der Waals surface area contributed by atoms with E-state index in [9.17, 15) is 0 Å². The van der Waals surface area contributed by atoms with Crippen LogP contribution in [-0.4, -0.2) is 22.4 Å². The van der Waals surface area contributed by atoms with Crippen LogP contribution in [0.5, 0.6) is 0 Å². The molecule has 1 saturated carbocycles. The summed E-state index contributed by atoms with van der Waals surface area (Å²) < 4.78 is 0. The molecule has 0 heterocycles. The summed E-state index contributed by atoms with van der Waals surface area (Å²) >= 11 is 5.46. The molecule has 1 fully saturated rings. The van der Waals surface area contributed by atoms with Gasteiger partial charge in [0.15, 0.2) is 0 Å². The van der Waals surface area contributed by atoms with Gasteiger partial charge in [-0.05, 0) is 0 Å². The highest BCUT2D eigenvalue weighted by Crippen LogP contribution is 2.30. The molecule has 1 aliphatic carbocycles. The molecule has 0 aromatic rings. The molecule has 2 unspecified atom stereocenters. The first-order chi connectivity index (χ1) is 3.72. The molecule has 1 aliphatic rings. The summed E-state index contributed by atoms with van der Waals surface area (Å²) in [5.74, 6) is 0. The van der Waals surface area contributed by atoms with Crippen LogP contribution in [0.2, 0.25) is 0 Å². The first-order valence-corrected chi connectivity index (χ1v) is 2.97. The van der Waals surface area contributed by atoms with Crippen molar-refractivity contribution in [3.63, 3.8) is 0 Å². The van der Waals surface area contributed by atoms with Gasteiger partial charge in [-0.2, -0.15) is 0 Å². The predicted molar refractivity (Wildman–Crippen MR) is 30.3 cm³/mol. The minimum atomic E-state index is -0.781. The third-order valence-electron chi connectivity index (χ3n) is 1.36. The van der Waals surface area contributed by atoms with Crippen molar-refractivity contribution in [2.45, 2.75) is 25.0 Å². The topological polar surface area (TPSA) is 40.5 Å². The lowest BCUT2D eigenvalue weighted by molar-refractivity contribution is 0.0562. The molecule has 0 saturated heterocycles. The zero-order chi connectivity index (χ0) is 6.15. The maximum atomic E-state index is 8.85. The average molecular weight is 136 g/mol. The highest BCUT2D eigenvalue weighted by Gasteiger charge is 2.43. The van der Waals surface area contributed by atoms with Crippen molar-refractivity contribution < 1.29 is 10.2 Å². The van der Waals surface area contributed by atoms with Crippen LogP contribution in [-0.2, 0) is 0 Å². The van der Waals surface area contributed by atoms with Crippen LogP contribution in [0.1, 0.15) is 12.8 Å². The molecule has 2 N–H and O–H groups in total. The van der Waals surface area contributed by atoms with Gasteiger partial charge in [-0.3, -0.25) is 0 Å². The smallest absolute Gasteiger partial charge is 0.242 e. The Morgan fingerprint density at radius 3 is 2.25 bits per heavy atom. The number of hydrogen-bond donors (Lipinski definition) is 2. The Bertz CT molecular complexity index is 76.5. The molecule has 2 nitrogen and oxygen atoms in total. The van der Waals surface area contributed by atoms with Crippen molar-refractivity contribution in [1.29, 1.82) is 0 Å². The van der Waals surface area contributed by atoms with Gasteiger partial charge in [-0.25, -0.2) is 0 Å². The lowest BCUT2D eigenvalue weighted by atomic mass is 10.3. The predicted octanol–water partition coefficient (Wildman–Crippen LogP) is 0.273. The molecule has 46 valence electrons. The van der Waals surface area contributed by atoms with E-state index in [1.54, 1.807) is 0 Å². The highest BCUT2D eigenvalue weighted by molar-refractivity contribution is 6.27. The van der Waals surface area contributed by atoms with Gasteiger partial charge in [0.05, 0.1) is 0 Å². The van der Waals surface area contributed by atoms with Gasteiger partial charge >= 0.3 is 0 Å². The summed E-state index contributed by atoms with van der Waals surface area (Å²) in [7, 11) is 0. The summed E-state index contributed by atoms with van der Waals surface area (Å²) in [4.78, 5) is 0. The summed E-state index contributed by atoms with van der Waals surface area (Å²) in [5.41, 5.74) is 0. The molecule has 0 amide bonds. The monoisotopic (exact) mass is 135 g/mol. The second-order valence-corrected chi connectivity index (χ2v) is 2.48. The highest BCUT2D eigenvalue weighted by atomic mass is 35.5. The second kappa shape index (κ2) is 2.13. The average Bonchev–Trinajstić information content (AvgIpc) is 1.98. The third kappa shape index (κ3) is 0.917.